The molecule has 0 aromatic rings. The molecule has 4 nitrogen and oxygen atoms in total. The van der Waals surface area contributed by atoms with E-state index in [1.165, 1.54) is 0 Å². The SMILES string of the molecule is CNC1=CCC(Br)([N+](=O)[O-])C=C1. The van der Waals surface area contributed by atoms with E-state index in [0.29, 0.717) is 6.42 Å². The number of alkyl halides is 1. The summed E-state index contributed by atoms with van der Waals surface area (Å²) in [5, 5.41) is 13.4. The smallest absolute Gasteiger partial charge is 0.296 e. The van der Waals surface area contributed by atoms with Gasteiger partial charge in [0, 0.05) is 39.7 Å². The summed E-state index contributed by atoms with van der Waals surface area (Å²) >= 11 is 3.06. The van der Waals surface area contributed by atoms with Crippen molar-refractivity contribution in [3.05, 3.63) is 34.0 Å². The largest absolute Gasteiger partial charge is 0.388 e. The molecule has 5 heteroatoms. The highest BCUT2D eigenvalue weighted by Crippen LogP contribution is 2.29. The third kappa shape index (κ3) is 1.66. The molecule has 0 aliphatic heterocycles. The minimum atomic E-state index is -1.10. The van der Waals surface area contributed by atoms with E-state index in [4.69, 9.17) is 0 Å². The topological polar surface area (TPSA) is 55.2 Å². The van der Waals surface area contributed by atoms with Crippen LogP contribution in [0.3, 0.4) is 0 Å². The van der Waals surface area contributed by atoms with E-state index in [-0.39, 0.29) is 4.92 Å². The quantitative estimate of drug-likeness (QED) is 0.339. The van der Waals surface area contributed by atoms with Crippen LogP contribution in [0.2, 0.25) is 0 Å². The molecular weight excluding hydrogens is 224 g/mol. The van der Waals surface area contributed by atoms with Crippen LogP contribution in [-0.4, -0.2) is 16.4 Å². The standard InChI is InChI=1S/C7H9BrN2O2/c1-9-6-2-4-7(8,5-3-6)10(11)12/h2-4,9H,5H2,1H3. The predicted octanol–water partition coefficient (Wildman–Crippen LogP) is 1.42. The van der Waals surface area contributed by atoms with E-state index in [2.05, 4.69) is 21.2 Å². The lowest BCUT2D eigenvalue weighted by Gasteiger charge is -2.17. The Morgan fingerprint density at radius 2 is 2.50 bits per heavy atom. The molecule has 1 rings (SSSR count). The number of halogens is 1. The molecule has 0 aromatic carbocycles. The summed E-state index contributed by atoms with van der Waals surface area (Å²) in [7, 11) is 1.78. The Morgan fingerprint density at radius 3 is 2.83 bits per heavy atom. The number of allylic oxidation sites excluding steroid dienone is 1. The Labute approximate surface area is 78.6 Å². The van der Waals surface area contributed by atoms with Gasteiger partial charge in [-0.1, -0.05) is 6.08 Å². The second-order valence-corrected chi connectivity index (χ2v) is 3.90. The molecule has 0 heterocycles. The van der Waals surface area contributed by atoms with Crippen molar-refractivity contribution in [3.63, 3.8) is 0 Å². The summed E-state index contributed by atoms with van der Waals surface area (Å²) in [6, 6.07) is 0. The van der Waals surface area contributed by atoms with E-state index in [0.717, 1.165) is 5.70 Å². The van der Waals surface area contributed by atoms with Gasteiger partial charge in [-0.05, 0) is 6.08 Å². The third-order valence-electron chi connectivity index (χ3n) is 1.72. The van der Waals surface area contributed by atoms with Crippen molar-refractivity contribution in [2.24, 2.45) is 0 Å². The molecule has 1 N–H and O–H groups in total. The van der Waals surface area contributed by atoms with E-state index >= 15 is 0 Å². The number of likely N-dealkylation sites (N-methyl/N-ethyl adjacent to an activating group) is 1. The first-order valence-corrected chi connectivity index (χ1v) is 4.28. The van der Waals surface area contributed by atoms with Crippen molar-refractivity contribution in [2.75, 3.05) is 7.05 Å². The molecule has 0 radical (unpaired) electrons. The van der Waals surface area contributed by atoms with Crippen LogP contribution < -0.4 is 5.32 Å². The van der Waals surface area contributed by atoms with Crippen molar-refractivity contribution in [3.8, 4) is 0 Å². The molecule has 1 aliphatic rings. The number of nitro groups is 1. The van der Waals surface area contributed by atoms with Crippen molar-refractivity contribution in [1.29, 1.82) is 0 Å². The molecule has 12 heavy (non-hydrogen) atoms. The van der Waals surface area contributed by atoms with Crippen molar-refractivity contribution in [1.82, 2.24) is 5.32 Å². The summed E-state index contributed by atoms with van der Waals surface area (Å²) in [6.45, 7) is 0. The second-order valence-electron chi connectivity index (χ2n) is 2.52. The maximum Gasteiger partial charge on any atom is 0.296 e. The molecule has 66 valence electrons. The van der Waals surface area contributed by atoms with Gasteiger partial charge in [-0.15, -0.1) is 0 Å². The van der Waals surface area contributed by atoms with Crippen LogP contribution in [0, 0.1) is 10.1 Å². The summed E-state index contributed by atoms with van der Waals surface area (Å²) < 4.78 is -1.10. The average molecular weight is 233 g/mol. The monoisotopic (exact) mass is 232 g/mol. The fourth-order valence-corrected chi connectivity index (χ4v) is 1.22. The number of hydrogen-bond acceptors (Lipinski definition) is 3. The molecule has 0 aromatic heterocycles. The molecular formula is C7H9BrN2O2. The normalized spacial score (nSPS) is 28.0. The summed E-state index contributed by atoms with van der Waals surface area (Å²) in [4.78, 5) is 10.2. The molecule has 1 aliphatic carbocycles. The van der Waals surface area contributed by atoms with Gasteiger partial charge in [-0.25, -0.2) is 0 Å². The third-order valence-corrected chi connectivity index (χ3v) is 2.60. The number of hydrogen-bond donors (Lipinski definition) is 1. The minimum absolute atomic E-state index is 0.341. The van der Waals surface area contributed by atoms with Gasteiger partial charge in [0.25, 0.3) is 4.45 Å². The zero-order chi connectivity index (χ0) is 9.19. The molecule has 0 saturated carbocycles. The fourth-order valence-electron chi connectivity index (χ4n) is 0.927. The Hall–Kier alpha value is -0.840. The van der Waals surface area contributed by atoms with Crippen LogP contribution >= 0.6 is 15.9 Å². The maximum absolute atomic E-state index is 10.5. The first kappa shape index (κ1) is 9.25. The van der Waals surface area contributed by atoms with Crippen LogP contribution in [0.1, 0.15) is 6.42 Å². The summed E-state index contributed by atoms with van der Waals surface area (Å²) in [6.07, 6.45) is 5.39. The van der Waals surface area contributed by atoms with E-state index in [1.54, 1.807) is 25.3 Å². The molecule has 1 unspecified atom stereocenters. The Morgan fingerprint density at radius 1 is 1.83 bits per heavy atom. The Bertz CT molecular complexity index is 262. The summed E-state index contributed by atoms with van der Waals surface area (Å²) in [5.41, 5.74) is 0.909. The Balaban J connectivity index is 2.76. The van der Waals surface area contributed by atoms with Crippen molar-refractivity contribution in [2.45, 2.75) is 10.9 Å². The second kappa shape index (κ2) is 3.26. The zero-order valence-electron chi connectivity index (χ0n) is 6.58. The van der Waals surface area contributed by atoms with Crippen molar-refractivity contribution < 1.29 is 4.92 Å². The first-order valence-electron chi connectivity index (χ1n) is 3.49. The molecule has 0 bridgehead atoms. The number of rotatable bonds is 2. The molecule has 0 amide bonds. The maximum atomic E-state index is 10.5. The number of nitrogens with one attached hydrogen (secondary N) is 1. The molecule has 1 atom stereocenters. The predicted molar refractivity (Wildman–Crippen MR) is 49.6 cm³/mol. The van der Waals surface area contributed by atoms with E-state index in [9.17, 15) is 10.1 Å². The van der Waals surface area contributed by atoms with Gasteiger partial charge < -0.3 is 5.32 Å². The lowest BCUT2D eigenvalue weighted by atomic mass is 10.1. The lowest BCUT2D eigenvalue weighted by Crippen LogP contribution is -2.30. The minimum Gasteiger partial charge on any atom is -0.388 e. The summed E-state index contributed by atoms with van der Waals surface area (Å²) in [5.74, 6) is 0. The van der Waals surface area contributed by atoms with Crippen LogP contribution in [0.25, 0.3) is 0 Å². The van der Waals surface area contributed by atoms with Gasteiger partial charge in [-0.2, -0.15) is 0 Å². The van der Waals surface area contributed by atoms with Crippen LogP contribution in [0.5, 0.6) is 0 Å². The van der Waals surface area contributed by atoms with Gasteiger partial charge in [-0.3, -0.25) is 10.1 Å². The van der Waals surface area contributed by atoms with Gasteiger partial charge in [0.15, 0.2) is 0 Å². The molecule has 0 fully saturated rings. The van der Waals surface area contributed by atoms with Gasteiger partial charge >= 0.3 is 0 Å². The van der Waals surface area contributed by atoms with Gasteiger partial charge in [0.1, 0.15) is 0 Å². The highest BCUT2D eigenvalue weighted by atomic mass is 79.9. The van der Waals surface area contributed by atoms with E-state index in [1.807, 2.05) is 0 Å². The highest BCUT2D eigenvalue weighted by molar-refractivity contribution is 9.10. The highest BCUT2D eigenvalue weighted by Gasteiger charge is 2.36. The zero-order valence-corrected chi connectivity index (χ0v) is 8.17. The molecule has 0 spiro atoms. The first-order chi connectivity index (χ1) is 5.58. The van der Waals surface area contributed by atoms with Crippen LogP contribution in [0.15, 0.2) is 23.9 Å². The molecule has 0 saturated heterocycles. The van der Waals surface area contributed by atoms with Gasteiger partial charge in [0.05, 0.1) is 6.42 Å². The van der Waals surface area contributed by atoms with Gasteiger partial charge in [0.2, 0.25) is 0 Å². The van der Waals surface area contributed by atoms with Crippen molar-refractivity contribution >= 4 is 15.9 Å². The van der Waals surface area contributed by atoms with E-state index < -0.39 is 4.45 Å². The lowest BCUT2D eigenvalue weighted by molar-refractivity contribution is -0.521. The number of nitrogens with zero attached hydrogens (tertiary/aromatic N) is 1. The van der Waals surface area contributed by atoms with Crippen LogP contribution in [-0.2, 0) is 0 Å². The fraction of sp³-hybridized carbons (Fsp3) is 0.429. The average Bonchev–Trinajstić information content (AvgIpc) is 2.06. The Kier molecular flexibility index (Phi) is 2.52. The van der Waals surface area contributed by atoms with Crippen LogP contribution in [0.4, 0.5) is 0 Å².